The van der Waals surface area contributed by atoms with Crippen LogP contribution in [0.15, 0.2) is 42.5 Å². The molecule has 0 aliphatic carbocycles. The molecule has 0 saturated heterocycles. The van der Waals surface area contributed by atoms with Gasteiger partial charge in [-0.1, -0.05) is 62.7 Å². The van der Waals surface area contributed by atoms with E-state index in [4.69, 9.17) is 0 Å². The average molecular weight is 287 g/mol. The summed E-state index contributed by atoms with van der Waals surface area (Å²) in [6.45, 7) is 4.60. The van der Waals surface area contributed by atoms with Crippen molar-refractivity contribution in [2.24, 2.45) is 5.92 Å². The second kappa shape index (κ2) is 7.70. The minimum Gasteiger partial charge on any atom is -0.312 e. The van der Waals surface area contributed by atoms with Gasteiger partial charge in [0, 0.05) is 11.8 Å². The van der Waals surface area contributed by atoms with E-state index in [0.717, 1.165) is 11.7 Å². The fourth-order valence-corrected chi connectivity index (χ4v) is 3.74. The van der Waals surface area contributed by atoms with Gasteiger partial charge in [-0.25, -0.2) is 0 Å². The van der Waals surface area contributed by atoms with E-state index < -0.39 is 0 Å². The van der Waals surface area contributed by atoms with Crippen LogP contribution in [-0.2, 0) is 0 Å². The molecule has 2 atom stereocenters. The minimum absolute atomic E-state index is 0.426. The molecule has 0 aliphatic heterocycles. The molecule has 2 heteroatoms. The average Bonchev–Trinajstić information content (AvgIpc) is 2.51. The van der Waals surface area contributed by atoms with Crippen molar-refractivity contribution in [3.8, 4) is 0 Å². The standard InChI is InChI=1S/C18H25NS/c1-4-14(2)12-20-13-18(19-3)17-11-7-9-15-8-5-6-10-16(15)17/h5-11,14,18-19H,4,12-13H2,1-3H3. The molecule has 0 aliphatic rings. The lowest BCUT2D eigenvalue weighted by atomic mass is 10.00. The first kappa shape index (κ1) is 15.4. The zero-order chi connectivity index (χ0) is 14.4. The number of thioether (sulfide) groups is 1. The Morgan fingerprint density at radius 2 is 1.80 bits per heavy atom. The highest BCUT2D eigenvalue weighted by Crippen LogP contribution is 2.27. The highest BCUT2D eigenvalue weighted by molar-refractivity contribution is 7.99. The van der Waals surface area contributed by atoms with Crippen LogP contribution in [-0.4, -0.2) is 18.6 Å². The van der Waals surface area contributed by atoms with Crippen molar-refractivity contribution >= 4 is 22.5 Å². The lowest BCUT2D eigenvalue weighted by Crippen LogP contribution is -2.19. The Bertz CT molecular complexity index is 532. The van der Waals surface area contributed by atoms with E-state index in [2.05, 4.69) is 80.4 Å². The fourth-order valence-electron chi connectivity index (χ4n) is 2.39. The van der Waals surface area contributed by atoms with Crippen molar-refractivity contribution in [1.82, 2.24) is 5.32 Å². The van der Waals surface area contributed by atoms with Gasteiger partial charge in [0.15, 0.2) is 0 Å². The van der Waals surface area contributed by atoms with Gasteiger partial charge in [-0.05, 0) is 35.1 Å². The van der Waals surface area contributed by atoms with Gasteiger partial charge in [-0.2, -0.15) is 11.8 Å². The third-order valence-corrected chi connectivity index (χ3v) is 5.30. The summed E-state index contributed by atoms with van der Waals surface area (Å²) < 4.78 is 0. The summed E-state index contributed by atoms with van der Waals surface area (Å²) in [4.78, 5) is 0. The van der Waals surface area contributed by atoms with Crippen LogP contribution in [0.25, 0.3) is 10.8 Å². The quantitative estimate of drug-likeness (QED) is 0.779. The third-order valence-electron chi connectivity index (χ3n) is 3.93. The molecular formula is C18H25NS. The highest BCUT2D eigenvalue weighted by Gasteiger charge is 2.12. The zero-order valence-corrected chi connectivity index (χ0v) is 13.5. The molecule has 0 amide bonds. The number of rotatable bonds is 7. The molecular weight excluding hydrogens is 262 g/mol. The molecule has 1 nitrogen and oxygen atoms in total. The first-order valence-corrected chi connectivity index (χ1v) is 8.64. The molecule has 0 aromatic heterocycles. The number of benzene rings is 2. The lowest BCUT2D eigenvalue weighted by Gasteiger charge is -2.19. The lowest BCUT2D eigenvalue weighted by molar-refractivity contribution is 0.631. The van der Waals surface area contributed by atoms with Gasteiger partial charge in [0.05, 0.1) is 0 Å². The number of nitrogens with one attached hydrogen (secondary N) is 1. The Kier molecular flexibility index (Phi) is 5.93. The smallest absolute Gasteiger partial charge is 0.0415 e. The first-order valence-electron chi connectivity index (χ1n) is 7.49. The zero-order valence-electron chi connectivity index (χ0n) is 12.7. The Labute approximate surface area is 127 Å². The summed E-state index contributed by atoms with van der Waals surface area (Å²) in [5.74, 6) is 3.19. The Morgan fingerprint density at radius 3 is 2.55 bits per heavy atom. The van der Waals surface area contributed by atoms with Crippen molar-refractivity contribution in [1.29, 1.82) is 0 Å². The molecule has 1 N–H and O–H groups in total. The highest BCUT2D eigenvalue weighted by atomic mass is 32.2. The van der Waals surface area contributed by atoms with E-state index in [1.54, 1.807) is 0 Å². The number of hydrogen-bond acceptors (Lipinski definition) is 2. The van der Waals surface area contributed by atoms with Crippen LogP contribution < -0.4 is 5.32 Å². The molecule has 108 valence electrons. The maximum absolute atomic E-state index is 3.48. The Balaban J connectivity index is 2.13. The molecule has 20 heavy (non-hydrogen) atoms. The van der Waals surface area contributed by atoms with Crippen molar-refractivity contribution < 1.29 is 0 Å². The van der Waals surface area contributed by atoms with Gasteiger partial charge in [0.2, 0.25) is 0 Å². The summed E-state index contributed by atoms with van der Waals surface area (Å²) in [6.07, 6.45) is 1.27. The van der Waals surface area contributed by atoms with Crippen LogP contribution in [0, 0.1) is 5.92 Å². The van der Waals surface area contributed by atoms with E-state index in [1.807, 2.05) is 0 Å². The molecule has 0 spiro atoms. The second-order valence-corrected chi connectivity index (χ2v) is 6.54. The number of fused-ring (bicyclic) bond motifs is 1. The van der Waals surface area contributed by atoms with Crippen molar-refractivity contribution in [3.63, 3.8) is 0 Å². The Hall–Kier alpha value is -0.990. The maximum atomic E-state index is 3.48. The maximum Gasteiger partial charge on any atom is 0.0415 e. The molecule has 0 bridgehead atoms. The SMILES string of the molecule is CCC(C)CSCC(NC)c1cccc2ccccc12. The van der Waals surface area contributed by atoms with Crippen LogP contribution in [0.4, 0.5) is 0 Å². The predicted octanol–water partition coefficient (Wildman–Crippen LogP) is 4.88. The minimum atomic E-state index is 0.426. The third kappa shape index (κ3) is 3.77. The normalized spacial score (nSPS) is 14.3. The Morgan fingerprint density at radius 1 is 1.05 bits per heavy atom. The van der Waals surface area contributed by atoms with E-state index >= 15 is 0 Å². The molecule has 0 fully saturated rings. The summed E-state index contributed by atoms with van der Waals surface area (Å²) in [7, 11) is 2.07. The molecule has 0 radical (unpaired) electrons. The van der Waals surface area contributed by atoms with Crippen molar-refractivity contribution in [3.05, 3.63) is 48.0 Å². The van der Waals surface area contributed by atoms with E-state index in [9.17, 15) is 0 Å². The monoisotopic (exact) mass is 287 g/mol. The van der Waals surface area contributed by atoms with Crippen LogP contribution in [0.3, 0.4) is 0 Å². The first-order chi connectivity index (χ1) is 9.76. The van der Waals surface area contributed by atoms with Crippen LogP contribution in [0.1, 0.15) is 31.9 Å². The van der Waals surface area contributed by atoms with E-state index in [0.29, 0.717) is 6.04 Å². The van der Waals surface area contributed by atoms with Crippen LogP contribution in [0.2, 0.25) is 0 Å². The van der Waals surface area contributed by atoms with Crippen molar-refractivity contribution in [2.45, 2.75) is 26.3 Å². The van der Waals surface area contributed by atoms with Gasteiger partial charge >= 0.3 is 0 Å². The van der Waals surface area contributed by atoms with Crippen LogP contribution >= 0.6 is 11.8 Å². The molecule has 2 rings (SSSR count). The van der Waals surface area contributed by atoms with Gasteiger partial charge in [0.1, 0.15) is 0 Å². The van der Waals surface area contributed by atoms with Gasteiger partial charge in [0.25, 0.3) is 0 Å². The summed E-state index contributed by atoms with van der Waals surface area (Å²) >= 11 is 2.06. The molecule has 2 aromatic carbocycles. The van der Waals surface area contributed by atoms with Crippen LogP contribution in [0.5, 0.6) is 0 Å². The summed E-state index contributed by atoms with van der Waals surface area (Å²) in [6, 6.07) is 15.7. The molecule has 0 heterocycles. The summed E-state index contributed by atoms with van der Waals surface area (Å²) in [5.41, 5.74) is 1.42. The largest absolute Gasteiger partial charge is 0.312 e. The van der Waals surface area contributed by atoms with Gasteiger partial charge in [-0.3, -0.25) is 0 Å². The van der Waals surface area contributed by atoms with E-state index in [-0.39, 0.29) is 0 Å². The fraction of sp³-hybridized carbons (Fsp3) is 0.444. The number of hydrogen-bond donors (Lipinski definition) is 1. The molecule has 0 saturated carbocycles. The second-order valence-electron chi connectivity index (χ2n) is 5.46. The topological polar surface area (TPSA) is 12.0 Å². The van der Waals surface area contributed by atoms with Gasteiger partial charge in [-0.15, -0.1) is 0 Å². The molecule has 2 unspecified atom stereocenters. The van der Waals surface area contributed by atoms with Gasteiger partial charge < -0.3 is 5.32 Å². The van der Waals surface area contributed by atoms with Crippen molar-refractivity contribution in [2.75, 3.05) is 18.6 Å². The summed E-state index contributed by atoms with van der Waals surface area (Å²) in [5, 5.41) is 6.19. The van der Waals surface area contributed by atoms with E-state index in [1.165, 1.54) is 28.5 Å². The predicted molar refractivity (Wildman–Crippen MR) is 92.5 cm³/mol. The molecule has 2 aromatic rings.